The highest BCUT2D eigenvalue weighted by Crippen LogP contribution is 2.19. The maximum atomic E-state index is 13.6. The van der Waals surface area contributed by atoms with Crippen LogP contribution in [0.25, 0.3) is 0 Å². The number of amides is 1. The molecule has 0 saturated heterocycles. The molecule has 2 rings (SSSR count). The van der Waals surface area contributed by atoms with E-state index in [1.54, 1.807) is 30.3 Å². The van der Waals surface area contributed by atoms with E-state index in [1.165, 1.54) is 24.2 Å². The fourth-order valence-electron chi connectivity index (χ4n) is 1.53. The molecule has 0 saturated carbocycles. The van der Waals surface area contributed by atoms with Gasteiger partial charge < -0.3 is 4.90 Å². The van der Waals surface area contributed by atoms with Crippen LogP contribution >= 0.6 is 15.9 Å². The summed E-state index contributed by atoms with van der Waals surface area (Å²) in [6.07, 6.45) is 1.45. The van der Waals surface area contributed by atoms with E-state index in [-0.39, 0.29) is 11.6 Å². The zero-order valence-electron chi connectivity index (χ0n) is 9.60. The first kappa shape index (κ1) is 12.7. The normalized spacial score (nSPS) is 10.2. The Labute approximate surface area is 112 Å². The zero-order chi connectivity index (χ0) is 13.1. The average Bonchev–Trinajstić information content (AvgIpc) is 2.38. The molecular formula is C13H10BrFN2O. The first-order valence-electron chi connectivity index (χ1n) is 5.24. The molecule has 5 heteroatoms. The van der Waals surface area contributed by atoms with E-state index in [2.05, 4.69) is 20.9 Å². The SMILES string of the molecule is CN(C(=O)c1ccc(Br)nc1)c1ccccc1F. The Balaban J connectivity index is 2.29. The van der Waals surface area contributed by atoms with E-state index in [9.17, 15) is 9.18 Å². The van der Waals surface area contributed by atoms with Crippen molar-refractivity contribution in [3.8, 4) is 0 Å². The molecule has 0 atom stereocenters. The first-order valence-corrected chi connectivity index (χ1v) is 6.03. The summed E-state index contributed by atoms with van der Waals surface area (Å²) in [4.78, 5) is 17.4. The molecule has 0 fully saturated rings. The summed E-state index contributed by atoms with van der Waals surface area (Å²) in [5.74, 6) is -0.737. The minimum atomic E-state index is -0.432. The maximum absolute atomic E-state index is 13.6. The van der Waals surface area contributed by atoms with Gasteiger partial charge in [-0.1, -0.05) is 12.1 Å². The number of aromatic nitrogens is 1. The van der Waals surface area contributed by atoms with Crippen LogP contribution in [0, 0.1) is 5.82 Å². The lowest BCUT2D eigenvalue weighted by molar-refractivity contribution is 0.0992. The third-order valence-electron chi connectivity index (χ3n) is 2.49. The van der Waals surface area contributed by atoms with E-state index < -0.39 is 5.82 Å². The molecule has 0 N–H and O–H groups in total. The number of anilines is 1. The summed E-state index contributed by atoms with van der Waals surface area (Å²) in [5, 5.41) is 0. The summed E-state index contributed by atoms with van der Waals surface area (Å²) in [6, 6.07) is 9.44. The van der Waals surface area contributed by atoms with Crippen LogP contribution in [-0.4, -0.2) is 17.9 Å². The average molecular weight is 309 g/mol. The molecule has 0 aliphatic rings. The lowest BCUT2D eigenvalue weighted by Crippen LogP contribution is -2.27. The standard InChI is InChI=1S/C13H10BrFN2O/c1-17(11-5-3-2-4-10(11)15)13(18)9-6-7-12(14)16-8-9/h2-8H,1H3. The van der Waals surface area contributed by atoms with Crippen molar-refractivity contribution in [3.05, 3.63) is 58.6 Å². The lowest BCUT2D eigenvalue weighted by atomic mass is 10.2. The summed E-state index contributed by atoms with van der Waals surface area (Å²) in [7, 11) is 1.53. The smallest absolute Gasteiger partial charge is 0.259 e. The topological polar surface area (TPSA) is 33.2 Å². The molecule has 0 aliphatic heterocycles. The van der Waals surface area contributed by atoms with Crippen LogP contribution in [0.3, 0.4) is 0 Å². The van der Waals surface area contributed by atoms with Gasteiger partial charge in [0.15, 0.2) is 0 Å². The van der Waals surface area contributed by atoms with Crippen molar-refractivity contribution in [2.45, 2.75) is 0 Å². The predicted molar refractivity (Wildman–Crippen MR) is 71.1 cm³/mol. The van der Waals surface area contributed by atoms with Crippen LogP contribution in [0.2, 0.25) is 0 Å². The van der Waals surface area contributed by atoms with Crippen molar-refractivity contribution in [3.63, 3.8) is 0 Å². The van der Waals surface area contributed by atoms with Crippen LogP contribution in [0.5, 0.6) is 0 Å². The predicted octanol–water partition coefficient (Wildman–Crippen LogP) is 3.26. The molecule has 1 aromatic carbocycles. The Hall–Kier alpha value is -1.75. The van der Waals surface area contributed by atoms with Gasteiger partial charge in [-0.3, -0.25) is 4.79 Å². The van der Waals surface area contributed by atoms with Crippen LogP contribution in [0.4, 0.5) is 10.1 Å². The molecule has 0 bridgehead atoms. The van der Waals surface area contributed by atoms with Gasteiger partial charge in [0.1, 0.15) is 10.4 Å². The summed E-state index contributed by atoms with van der Waals surface area (Å²) < 4.78 is 14.2. The lowest BCUT2D eigenvalue weighted by Gasteiger charge is -2.17. The summed E-state index contributed by atoms with van der Waals surface area (Å²) in [5.41, 5.74) is 0.648. The maximum Gasteiger partial charge on any atom is 0.259 e. The minimum absolute atomic E-state index is 0.241. The molecule has 1 aromatic heterocycles. The van der Waals surface area contributed by atoms with Crippen LogP contribution in [-0.2, 0) is 0 Å². The van der Waals surface area contributed by atoms with E-state index in [4.69, 9.17) is 0 Å². The van der Waals surface area contributed by atoms with Gasteiger partial charge in [0.2, 0.25) is 0 Å². The second-order valence-electron chi connectivity index (χ2n) is 3.69. The third kappa shape index (κ3) is 2.56. The number of benzene rings is 1. The van der Waals surface area contributed by atoms with Gasteiger partial charge in [-0.05, 0) is 40.2 Å². The molecular weight excluding hydrogens is 299 g/mol. The van der Waals surface area contributed by atoms with Crippen LogP contribution in [0.15, 0.2) is 47.2 Å². The highest BCUT2D eigenvalue weighted by molar-refractivity contribution is 9.10. The number of carbonyl (C=O) groups is 1. The van der Waals surface area contributed by atoms with Gasteiger partial charge in [-0.2, -0.15) is 0 Å². The molecule has 0 aliphatic carbocycles. The number of rotatable bonds is 2. The van der Waals surface area contributed by atoms with Crippen molar-refractivity contribution in [2.75, 3.05) is 11.9 Å². The minimum Gasteiger partial charge on any atom is -0.309 e. The Morgan fingerprint density at radius 1 is 1.28 bits per heavy atom. The molecule has 0 radical (unpaired) electrons. The van der Waals surface area contributed by atoms with Crippen molar-refractivity contribution in [2.24, 2.45) is 0 Å². The highest BCUT2D eigenvalue weighted by Gasteiger charge is 2.16. The Kier molecular flexibility index (Phi) is 3.72. The number of para-hydroxylation sites is 1. The van der Waals surface area contributed by atoms with Crippen LogP contribution in [0.1, 0.15) is 10.4 Å². The second kappa shape index (κ2) is 5.27. The van der Waals surface area contributed by atoms with Gasteiger partial charge in [-0.25, -0.2) is 9.37 Å². The Morgan fingerprint density at radius 3 is 2.61 bits per heavy atom. The molecule has 3 nitrogen and oxygen atoms in total. The Bertz CT molecular complexity index is 571. The Morgan fingerprint density at radius 2 is 2.00 bits per heavy atom. The molecule has 92 valence electrons. The fraction of sp³-hybridized carbons (Fsp3) is 0.0769. The van der Waals surface area contributed by atoms with Gasteiger partial charge in [-0.15, -0.1) is 0 Å². The third-order valence-corrected chi connectivity index (χ3v) is 2.96. The molecule has 18 heavy (non-hydrogen) atoms. The van der Waals surface area contributed by atoms with Gasteiger partial charge in [0, 0.05) is 13.2 Å². The first-order chi connectivity index (χ1) is 8.59. The summed E-state index contributed by atoms with van der Waals surface area (Å²) >= 11 is 3.19. The highest BCUT2D eigenvalue weighted by atomic mass is 79.9. The van der Waals surface area contributed by atoms with Crippen LogP contribution < -0.4 is 4.90 Å². The number of pyridine rings is 1. The number of hydrogen-bond donors (Lipinski definition) is 0. The van der Waals surface area contributed by atoms with Gasteiger partial charge in [0.25, 0.3) is 5.91 Å². The van der Waals surface area contributed by atoms with E-state index >= 15 is 0 Å². The van der Waals surface area contributed by atoms with Gasteiger partial charge >= 0.3 is 0 Å². The molecule has 1 heterocycles. The largest absolute Gasteiger partial charge is 0.309 e. The van der Waals surface area contributed by atoms with Crippen molar-refractivity contribution < 1.29 is 9.18 Å². The van der Waals surface area contributed by atoms with Crippen molar-refractivity contribution in [1.82, 2.24) is 4.98 Å². The monoisotopic (exact) mass is 308 g/mol. The number of carbonyl (C=O) groups excluding carboxylic acids is 1. The molecule has 1 amide bonds. The van der Waals surface area contributed by atoms with Crippen molar-refractivity contribution in [1.29, 1.82) is 0 Å². The van der Waals surface area contributed by atoms with E-state index in [1.807, 2.05) is 0 Å². The van der Waals surface area contributed by atoms with Crippen molar-refractivity contribution >= 4 is 27.5 Å². The molecule has 2 aromatic rings. The molecule has 0 unspecified atom stereocenters. The number of halogens is 2. The number of nitrogens with zero attached hydrogens (tertiary/aromatic N) is 2. The fourth-order valence-corrected chi connectivity index (χ4v) is 1.76. The summed E-state index contributed by atoms with van der Waals surface area (Å²) in [6.45, 7) is 0. The molecule has 0 spiro atoms. The number of hydrogen-bond acceptors (Lipinski definition) is 2. The zero-order valence-corrected chi connectivity index (χ0v) is 11.2. The second-order valence-corrected chi connectivity index (χ2v) is 4.50. The van der Waals surface area contributed by atoms with Gasteiger partial charge in [0.05, 0.1) is 11.3 Å². The van der Waals surface area contributed by atoms with E-state index in [0.29, 0.717) is 10.2 Å². The van der Waals surface area contributed by atoms with E-state index in [0.717, 1.165) is 0 Å². The quantitative estimate of drug-likeness (QED) is 0.798.